The van der Waals surface area contributed by atoms with Crippen LogP contribution in [-0.4, -0.2) is 24.4 Å². The standard InChI is InChI=1S/C23H19NO4S2/c1-26-16-9-14(10-17(11-16)27-2)13-28-20-8-7-15-5-3-4-6-18(15)19(20)12-21-22(25)24-23(29)30-21/h3-12H,13H2,1-2H3,(H,24,25,29)/b21-12+. The maximum absolute atomic E-state index is 12.2. The van der Waals surface area contributed by atoms with Gasteiger partial charge in [-0.3, -0.25) is 4.79 Å². The van der Waals surface area contributed by atoms with Gasteiger partial charge in [0, 0.05) is 11.6 Å². The lowest BCUT2D eigenvalue weighted by molar-refractivity contribution is -0.115. The number of fused-ring (bicyclic) bond motifs is 1. The Labute approximate surface area is 184 Å². The van der Waals surface area contributed by atoms with E-state index in [1.807, 2.05) is 60.7 Å². The summed E-state index contributed by atoms with van der Waals surface area (Å²) in [7, 11) is 3.23. The zero-order valence-corrected chi connectivity index (χ0v) is 18.1. The first-order valence-electron chi connectivity index (χ1n) is 9.19. The van der Waals surface area contributed by atoms with Crippen molar-refractivity contribution in [1.82, 2.24) is 5.32 Å². The minimum absolute atomic E-state index is 0.193. The molecule has 1 aliphatic heterocycles. The largest absolute Gasteiger partial charge is 0.497 e. The Morgan fingerprint density at radius 2 is 1.77 bits per heavy atom. The van der Waals surface area contributed by atoms with Crippen LogP contribution >= 0.6 is 24.0 Å². The molecule has 3 aromatic rings. The van der Waals surface area contributed by atoms with Crippen LogP contribution in [0.1, 0.15) is 11.1 Å². The van der Waals surface area contributed by atoms with Crippen LogP contribution in [0.3, 0.4) is 0 Å². The Kier molecular flexibility index (Phi) is 5.92. The Balaban J connectivity index is 1.72. The fraction of sp³-hybridized carbons (Fsp3) is 0.130. The number of thioether (sulfide) groups is 1. The van der Waals surface area contributed by atoms with Crippen molar-refractivity contribution in [3.8, 4) is 17.2 Å². The summed E-state index contributed by atoms with van der Waals surface area (Å²) in [5.41, 5.74) is 1.75. The second-order valence-corrected chi connectivity index (χ2v) is 8.28. The summed E-state index contributed by atoms with van der Waals surface area (Å²) in [6.07, 6.45) is 1.84. The molecule has 1 fully saturated rings. The van der Waals surface area contributed by atoms with Crippen LogP contribution in [0.2, 0.25) is 0 Å². The molecule has 152 valence electrons. The lowest BCUT2D eigenvalue weighted by atomic mass is 10.0. The van der Waals surface area contributed by atoms with Crippen molar-refractivity contribution >= 4 is 51.1 Å². The van der Waals surface area contributed by atoms with E-state index in [0.29, 0.717) is 33.1 Å². The molecular weight excluding hydrogens is 418 g/mol. The summed E-state index contributed by atoms with van der Waals surface area (Å²) in [6, 6.07) is 17.5. The van der Waals surface area contributed by atoms with Crippen LogP contribution in [-0.2, 0) is 11.4 Å². The van der Waals surface area contributed by atoms with Crippen molar-refractivity contribution in [3.63, 3.8) is 0 Å². The van der Waals surface area contributed by atoms with Gasteiger partial charge in [0.25, 0.3) is 5.91 Å². The summed E-state index contributed by atoms with van der Waals surface area (Å²) in [5, 5.41) is 4.71. The molecule has 1 amide bonds. The summed E-state index contributed by atoms with van der Waals surface area (Å²) in [4.78, 5) is 12.7. The predicted octanol–water partition coefficient (Wildman–Crippen LogP) is 4.92. The first-order valence-corrected chi connectivity index (χ1v) is 10.4. The monoisotopic (exact) mass is 437 g/mol. The van der Waals surface area contributed by atoms with Crippen molar-refractivity contribution in [2.45, 2.75) is 6.61 Å². The molecule has 7 heteroatoms. The average Bonchev–Trinajstić information content (AvgIpc) is 3.09. The van der Waals surface area contributed by atoms with Gasteiger partial charge in [-0.1, -0.05) is 54.3 Å². The molecule has 3 aromatic carbocycles. The zero-order valence-electron chi connectivity index (χ0n) is 16.4. The van der Waals surface area contributed by atoms with Crippen LogP contribution in [0.25, 0.3) is 16.8 Å². The van der Waals surface area contributed by atoms with Gasteiger partial charge in [-0.05, 0) is 40.6 Å². The highest BCUT2D eigenvalue weighted by Crippen LogP contribution is 2.35. The molecule has 4 rings (SSSR count). The highest BCUT2D eigenvalue weighted by Gasteiger charge is 2.23. The average molecular weight is 438 g/mol. The zero-order chi connectivity index (χ0) is 21.1. The highest BCUT2D eigenvalue weighted by atomic mass is 32.2. The fourth-order valence-electron chi connectivity index (χ4n) is 3.21. The smallest absolute Gasteiger partial charge is 0.263 e. The van der Waals surface area contributed by atoms with E-state index in [2.05, 4.69) is 5.32 Å². The third-order valence-corrected chi connectivity index (χ3v) is 5.82. The molecule has 1 saturated heterocycles. The second kappa shape index (κ2) is 8.77. The molecular formula is C23H19NO4S2. The Morgan fingerprint density at radius 1 is 1.03 bits per heavy atom. The lowest BCUT2D eigenvalue weighted by Gasteiger charge is -2.14. The van der Waals surface area contributed by atoms with Gasteiger partial charge in [0.1, 0.15) is 28.2 Å². The normalized spacial score (nSPS) is 14.8. The van der Waals surface area contributed by atoms with Gasteiger partial charge in [0.15, 0.2) is 0 Å². The Bertz CT molecular complexity index is 1150. The maximum atomic E-state index is 12.2. The van der Waals surface area contributed by atoms with Gasteiger partial charge in [-0.2, -0.15) is 0 Å². The number of amides is 1. The SMILES string of the molecule is COc1cc(COc2ccc3ccccc3c2/C=C2/SC(=S)NC2=O)cc(OC)c1. The summed E-state index contributed by atoms with van der Waals surface area (Å²) in [5.74, 6) is 1.87. The van der Waals surface area contributed by atoms with Crippen molar-refractivity contribution < 1.29 is 19.0 Å². The summed E-state index contributed by atoms with van der Waals surface area (Å²) >= 11 is 6.37. The molecule has 1 aliphatic rings. The molecule has 0 saturated carbocycles. The van der Waals surface area contributed by atoms with Gasteiger partial charge >= 0.3 is 0 Å². The van der Waals surface area contributed by atoms with Crippen molar-refractivity contribution in [3.05, 3.63) is 70.6 Å². The number of rotatable bonds is 6. The molecule has 0 bridgehead atoms. The Morgan fingerprint density at radius 3 is 2.43 bits per heavy atom. The molecule has 30 heavy (non-hydrogen) atoms. The third-order valence-electron chi connectivity index (χ3n) is 4.65. The van der Waals surface area contributed by atoms with E-state index < -0.39 is 0 Å². The molecule has 0 aromatic heterocycles. The Hall–Kier alpha value is -3.03. The first-order chi connectivity index (χ1) is 14.6. The second-order valence-electron chi connectivity index (χ2n) is 6.56. The van der Waals surface area contributed by atoms with E-state index in [1.54, 1.807) is 14.2 Å². The number of benzene rings is 3. The number of methoxy groups -OCH3 is 2. The van der Waals surface area contributed by atoms with Gasteiger partial charge in [0.2, 0.25) is 0 Å². The minimum atomic E-state index is -0.193. The minimum Gasteiger partial charge on any atom is -0.497 e. The van der Waals surface area contributed by atoms with Crippen LogP contribution in [0.4, 0.5) is 0 Å². The van der Waals surface area contributed by atoms with Crippen molar-refractivity contribution in [2.24, 2.45) is 0 Å². The lowest BCUT2D eigenvalue weighted by Crippen LogP contribution is -2.17. The molecule has 0 atom stereocenters. The summed E-state index contributed by atoms with van der Waals surface area (Å²) < 4.78 is 17.3. The van der Waals surface area contributed by atoms with E-state index >= 15 is 0 Å². The number of ether oxygens (including phenoxy) is 3. The molecule has 0 radical (unpaired) electrons. The number of carbonyl (C=O) groups excluding carboxylic acids is 1. The summed E-state index contributed by atoms with van der Waals surface area (Å²) in [6.45, 7) is 0.319. The number of carbonyl (C=O) groups is 1. The number of nitrogens with one attached hydrogen (secondary N) is 1. The maximum Gasteiger partial charge on any atom is 0.263 e. The molecule has 5 nitrogen and oxygen atoms in total. The fourth-order valence-corrected chi connectivity index (χ4v) is 4.24. The van der Waals surface area contributed by atoms with Gasteiger partial charge < -0.3 is 19.5 Å². The molecule has 1 N–H and O–H groups in total. The topological polar surface area (TPSA) is 56.8 Å². The first kappa shape index (κ1) is 20.3. The molecule has 1 heterocycles. The van der Waals surface area contributed by atoms with E-state index in [-0.39, 0.29) is 5.91 Å². The third kappa shape index (κ3) is 4.27. The van der Waals surface area contributed by atoms with Crippen LogP contribution in [0.15, 0.2) is 59.5 Å². The van der Waals surface area contributed by atoms with Crippen molar-refractivity contribution in [1.29, 1.82) is 0 Å². The van der Waals surface area contributed by atoms with Gasteiger partial charge in [-0.25, -0.2) is 0 Å². The molecule has 0 spiro atoms. The number of thiocarbonyl (C=S) groups is 1. The highest BCUT2D eigenvalue weighted by molar-refractivity contribution is 8.26. The molecule has 0 unspecified atom stereocenters. The predicted molar refractivity (Wildman–Crippen MR) is 124 cm³/mol. The van der Waals surface area contributed by atoms with Crippen LogP contribution < -0.4 is 19.5 Å². The quantitative estimate of drug-likeness (QED) is 0.436. The van der Waals surface area contributed by atoms with Gasteiger partial charge in [0.05, 0.1) is 19.1 Å². The molecule has 0 aliphatic carbocycles. The van der Waals surface area contributed by atoms with E-state index in [4.69, 9.17) is 26.4 Å². The number of hydrogen-bond acceptors (Lipinski definition) is 6. The van der Waals surface area contributed by atoms with E-state index in [9.17, 15) is 4.79 Å². The van der Waals surface area contributed by atoms with E-state index in [1.165, 1.54) is 11.8 Å². The van der Waals surface area contributed by atoms with E-state index in [0.717, 1.165) is 21.9 Å². The number of hydrogen-bond donors (Lipinski definition) is 1. The van der Waals surface area contributed by atoms with Gasteiger partial charge in [-0.15, -0.1) is 0 Å². The van der Waals surface area contributed by atoms with Crippen molar-refractivity contribution in [2.75, 3.05) is 14.2 Å². The van der Waals surface area contributed by atoms with Crippen LogP contribution in [0, 0.1) is 0 Å². The van der Waals surface area contributed by atoms with Crippen LogP contribution in [0.5, 0.6) is 17.2 Å².